The van der Waals surface area contributed by atoms with Crippen LogP contribution in [0.5, 0.6) is 17.2 Å². The van der Waals surface area contributed by atoms with Crippen LogP contribution in [0.3, 0.4) is 0 Å². The third-order valence-electron chi connectivity index (χ3n) is 3.54. The Labute approximate surface area is 140 Å². The average molecular weight is 326 g/mol. The molecule has 0 bridgehead atoms. The maximum Gasteiger partial charge on any atom is 0.271 e. The molecule has 1 heterocycles. The number of carbonyl (C=O) groups is 1. The van der Waals surface area contributed by atoms with E-state index in [0.717, 1.165) is 11.3 Å². The number of benzene rings is 2. The number of nitrogens with one attached hydrogen (secondary N) is 1. The normalized spacial score (nSPS) is 12.8. The lowest BCUT2D eigenvalue weighted by Crippen LogP contribution is -2.19. The summed E-state index contributed by atoms with van der Waals surface area (Å²) < 4.78 is 16.0. The molecule has 1 amide bonds. The average Bonchev–Trinajstić information content (AvgIpc) is 3.08. The topological polar surface area (TPSA) is 69.2 Å². The van der Waals surface area contributed by atoms with Crippen molar-refractivity contribution in [1.82, 2.24) is 5.43 Å². The number of hydrogen-bond acceptors (Lipinski definition) is 5. The minimum atomic E-state index is -0.279. The molecular formula is C18H18N2O4. The lowest BCUT2D eigenvalue weighted by atomic mass is 10.1. The second-order valence-electron chi connectivity index (χ2n) is 5.16. The molecule has 0 aromatic heterocycles. The Morgan fingerprint density at radius 2 is 1.83 bits per heavy atom. The van der Waals surface area contributed by atoms with Crippen molar-refractivity contribution in [3.8, 4) is 17.2 Å². The van der Waals surface area contributed by atoms with Crippen molar-refractivity contribution in [2.24, 2.45) is 5.10 Å². The highest BCUT2D eigenvalue weighted by atomic mass is 16.7. The summed E-state index contributed by atoms with van der Waals surface area (Å²) in [5, 5.41) is 4.14. The van der Waals surface area contributed by atoms with Crippen LogP contribution in [0.1, 0.15) is 29.8 Å². The molecule has 6 heteroatoms. The molecule has 124 valence electrons. The standard InChI is InChI=1S/C18H18N2O4/c1-3-22-15-7-4-13(5-8-15)18(21)20-19-12(2)14-6-9-16-17(10-14)24-11-23-16/h4-10H,3,11H2,1-2H3,(H,20,21)/b19-12-. The summed E-state index contributed by atoms with van der Waals surface area (Å²) in [6.45, 7) is 4.54. The number of amides is 1. The monoisotopic (exact) mass is 326 g/mol. The van der Waals surface area contributed by atoms with Crippen LogP contribution in [-0.2, 0) is 0 Å². The minimum absolute atomic E-state index is 0.226. The molecule has 0 radical (unpaired) electrons. The van der Waals surface area contributed by atoms with E-state index >= 15 is 0 Å². The predicted octanol–water partition coefficient (Wildman–Crippen LogP) is 2.97. The molecule has 0 unspecified atom stereocenters. The van der Waals surface area contributed by atoms with Crippen molar-refractivity contribution in [3.63, 3.8) is 0 Å². The van der Waals surface area contributed by atoms with Gasteiger partial charge in [-0.05, 0) is 56.3 Å². The van der Waals surface area contributed by atoms with Crippen molar-refractivity contribution >= 4 is 11.6 Å². The van der Waals surface area contributed by atoms with E-state index in [9.17, 15) is 4.79 Å². The second-order valence-corrected chi connectivity index (χ2v) is 5.16. The Kier molecular flexibility index (Phi) is 4.65. The van der Waals surface area contributed by atoms with Gasteiger partial charge in [0.2, 0.25) is 6.79 Å². The third kappa shape index (κ3) is 3.48. The van der Waals surface area contributed by atoms with E-state index in [-0.39, 0.29) is 12.7 Å². The predicted molar refractivity (Wildman–Crippen MR) is 89.9 cm³/mol. The van der Waals surface area contributed by atoms with Crippen LogP contribution in [0.4, 0.5) is 0 Å². The summed E-state index contributed by atoms with van der Waals surface area (Å²) in [5.41, 5.74) is 4.59. The zero-order chi connectivity index (χ0) is 16.9. The molecule has 0 saturated carbocycles. The lowest BCUT2D eigenvalue weighted by Gasteiger charge is -2.06. The first-order chi connectivity index (χ1) is 11.7. The Bertz CT molecular complexity index is 769. The number of nitrogens with zero attached hydrogens (tertiary/aromatic N) is 1. The largest absolute Gasteiger partial charge is 0.494 e. The molecule has 0 aliphatic carbocycles. The highest BCUT2D eigenvalue weighted by Gasteiger charge is 2.14. The van der Waals surface area contributed by atoms with Crippen LogP contribution < -0.4 is 19.6 Å². The summed E-state index contributed by atoms with van der Waals surface area (Å²) in [6.07, 6.45) is 0. The lowest BCUT2D eigenvalue weighted by molar-refractivity contribution is 0.0955. The van der Waals surface area contributed by atoms with Gasteiger partial charge < -0.3 is 14.2 Å². The van der Waals surface area contributed by atoms with Gasteiger partial charge in [-0.2, -0.15) is 5.10 Å². The van der Waals surface area contributed by atoms with E-state index in [4.69, 9.17) is 14.2 Å². The van der Waals surface area contributed by atoms with Crippen molar-refractivity contribution in [2.75, 3.05) is 13.4 Å². The Morgan fingerprint density at radius 1 is 1.12 bits per heavy atom. The Hall–Kier alpha value is -3.02. The molecule has 24 heavy (non-hydrogen) atoms. The zero-order valence-electron chi connectivity index (χ0n) is 13.5. The molecule has 6 nitrogen and oxygen atoms in total. The summed E-state index contributed by atoms with van der Waals surface area (Å²) in [4.78, 5) is 12.1. The van der Waals surface area contributed by atoms with Gasteiger partial charge in [-0.25, -0.2) is 5.43 Å². The van der Waals surface area contributed by atoms with Crippen molar-refractivity contribution in [1.29, 1.82) is 0 Å². The minimum Gasteiger partial charge on any atom is -0.494 e. The fourth-order valence-corrected chi connectivity index (χ4v) is 2.25. The number of rotatable bonds is 5. The van der Waals surface area contributed by atoms with Gasteiger partial charge in [-0.15, -0.1) is 0 Å². The van der Waals surface area contributed by atoms with Crippen molar-refractivity contribution in [2.45, 2.75) is 13.8 Å². The highest BCUT2D eigenvalue weighted by Crippen LogP contribution is 2.32. The van der Waals surface area contributed by atoms with E-state index in [0.29, 0.717) is 29.4 Å². The van der Waals surface area contributed by atoms with E-state index in [1.807, 2.05) is 32.0 Å². The molecule has 0 atom stereocenters. The Morgan fingerprint density at radius 3 is 2.58 bits per heavy atom. The molecule has 1 aliphatic rings. The fraction of sp³-hybridized carbons (Fsp3) is 0.222. The smallest absolute Gasteiger partial charge is 0.271 e. The van der Waals surface area contributed by atoms with Crippen LogP contribution >= 0.6 is 0 Å². The fourth-order valence-electron chi connectivity index (χ4n) is 2.25. The number of carbonyl (C=O) groups excluding carboxylic acids is 1. The van der Waals surface area contributed by atoms with E-state index in [2.05, 4.69) is 10.5 Å². The number of hydrogen-bond donors (Lipinski definition) is 1. The van der Waals surface area contributed by atoms with Crippen molar-refractivity contribution in [3.05, 3.63) is 53.6 Å². The SMILES string of the molecule is CCOc1ccc(C(=O)N/N=C(/C)c2ccc3c(c2)OCO3)cc1. The first-order valence-corrected chi connectivity index (χ1v) is 7.65. The van der Waals surface area contributed by atoms with Gasteiger partial charge in [0.1, 0.15) is 5.75 Å². The highest BCUT2D eigenvalue weighted by molar-refractivity contribution is 6.01. The maximum atomic E-state index is 12.1. The van der Waals surface area contributed by atoms with Crippen LogP contribution in [0.25, 0.3) is 0 Å². The quantitative estimate of drug-likeness (QED) is 0.677. The third-order valence-corrected chi connectivity index (χ3v) is 3.54. The number of hydrazone groups is 1. The number of ether oxygens (including phenoxy) is 3. The first kappa shape index (κ1) is 15.9. The molecule has 1 aliphatic heterocycles. The molecule has 0 fully saturated rings. The van der Waals surface area contributed by atoms with Gasteiger partial charge >= 0.3 is 0 Å². The van der Waals surface area contributed by atoms with Gasteiger partial charge in [0.15, 0.2) is 11.5 Å². The summed E-state index contributed by atoms with van der Waals surface area (Å²) in [5.74, 6) is 1.84. The molecule has 0 spiro atoms. The van der Waals surface area contributed by atoms with Crippen LogP contribution in [-0.4, -0.2) is 25.0 Å². The van der Waals surface area contributed by atoms with Crippen LogP contribution in [0, 0.1) is 0 Å². The van der Waals surface area contributed by atoms with Gasteiger partial charge in [0.25, 0.3) is 5.91 Å². The molecule has 1 N–H and O–H groups in total. The van der Waals surface area contributed by atoms with Gasteiger partial charge in [-0.3, -0.25) is 4.79 Å². The molecule has 2 aromatic rings. The van der Waals surface area contributed by atoms with E-state index in [1.165, 1.54) is 0 Å². The first-order valence-electron chi connectivity index (χ1n) is 7.65. The molecule has 3 rings (SSSR count). The molecular weight excluding hydrogens is 308 g/mol. The number of fused-ring (bicyclic) bond motifs is 1. The van der Waals surface area contributed by atoms with Crippen LogP contribution in [0.15, 0.2) is 47.6 Å². The summed E-state index contributed by atoms with van der Waals surface area (Å²) in [7, 11) is 0. The Balaban J connectivity index is 1.66. The molecule has 2 aromatic carbocycles. The van der Waals surface area contributed by atoms with Crippen molar-refractivity contribution < 1.29 is 19.0 Å². The summed E-state index contributed by atoms with van der Waals surface area (Å²) >= 11 is 0. The second kappa shape index (κ2) is 7.04. The molecule has 0 saturated heterocycles. The van der Waals surface area contributed by atoms with Crippen LogP contribution in [0.2, 0.25) is 0 Å². The maximum absolute atomic E-state index is 12.1. The van der Waals surface area contributed by atoms with Gasteiger partial charge in [0, 0.05) is 11.1 Å². The van der Waals surface area contributed by atoms with Gasteiger partial charge in [0.05, 0.1) is 12.3 Å². The van der Waals surface area contributed by atoms with Gasteiger partial charge in [-0.1, -0.05) is 0 Å². The summed E-state index contributed by atoms with van der Waals surface area (Å²) in [6, 6.07) is 12.4. The van der Waals surface area contributed by atoms with E-state index in [1.54, 1.807) is 24.3 Å². The zero-order valence-corrected chi connectivity index (χ0v) is 13.5. The van der Waals surface area contributed by atoms with E-state index < -0.39 is 0 Å².